The number of carboxylic acids is 1. The zero-order valence-corrected chi connectivity index (χ0v) is 53.2. The van der Waals surface area contributed by atoms with E-state index in [0.29, 0.717) is 23.9 Å². The Kier molecular flexibility index (Phi) is 59.3. The van der Waals surface area contributed by atoms with E-state index in [1.165, 1.54) is 154 Å². The van der Waals surface area contributed by atoms with Crippen molar-refractivity contribution in [2.75, 3.05) is 47.5 Å². The lowest BCUT2D eigenvalue weighted by atomic mass is 10.0. The highest BCUT2D eigenvalue weighted by Gasteiger charge is 2.25. The van der Waals surface area contributed by atoms with Gasteiger partial charge in [-0.15, -0.1) is 0 Å². The molecule has 0 aromatic heterocycles. The van der Waals surface area contributed by atoms with Gasteiger partial charge in [-0.25, -0.2) is 4.79 Å². The van der Waals surface area contributed by atoms with Crippen molar-refractivity contribution in [2.45, 2.75) is 296 Å². The number of nitrogens with zero attached hydrogens (tertiary/aromatic N) is 1. The third-order valence-electron chi connectivity index (χ3n) is 14.3. The van der Waals surface area contributed by atoms with Crippen molar-refractivity contribution in [3.8, 4) is 0 Å². The first-order chi connectivity index (χ1) is 39.6. The Morgan fingerprint density at radius 3 is 1.06 bits per heavy atom. The molecule has 0 aliphatic heterocycles. The van der Waals surface area contributed by atoms with E-state index in [2.05, 4.69) is 111 Å². The third-order valence-corrected chi connectivity index (χ3v) is 14.3. The highest BCUT2D eigenvalue weighted by molar-refractivity contribution is 5.71. The Labute approximate surface area is 499 Å². The smallest absolute Gasteiger partial charge is 0.361 e. The summed E-state index contributed by atoms with van der Waals surface area (Å²) in [5, 5.41) is 9.73. The quantitative estimate of drug-likeness (QED) is 0.0211. The van der Waals surface area contributed by atoms with E-state index >= 15 is 0 Å². The number of esters is 2. The fourth-order valence-electron chi connectivity index (χ4n) is 9.23. The number of aliphatic carboxylic acids is 1. The Bertz CT molecular complexity index is 1650. The second-order valence-electron chi connectivity index (χ2n) is 23.4. The molecule has 0 fully saturated rings. The number of carboxylic acid groups (broad SMARTS) is 1. The average Bonchev–Trinajstić information content (AvgIpc) is 3.44. The highest BCUT2D eigenvalue weighted by atomic mass is 16.7. The predicted molar refractivity (Wildman–Crippen MR) is 345 cm³/mol. The van der Waals surface area contributed by atoms with Crippen LogP contribution in [0.1, 0.15) is 284 Å². The molecule has 0 aromatic rings. The SMILES string of the molecule is CC/C=C\C/C=C\C/C=C\C/C=C\C/C=C\C/C=C\C/C=C\CCCCCCCC(=O)OC(COC(=O)CCCCCCCCCCCCCCCCCCC/C=C\CCCCCCCCCC)COC(OCC[N+](C)(C)C)C(=O)O. The van der Waals surface area contributed by atoms with Crippen molar-refractivity contribution in [1.82, 2.24) is 0 Å². The number of carbonyl (C=O) groups excluding carboxylic acids is 2. The maximum absolute atomic E-state index is 12.9. The van der Waals surface area contributed by atoms with Crippen molar-refractivity contribution < 1.29 is 42.9 Å². The molecule has 9 nitrogen and oxygen atoms in total. The molecule has 0 aliphatic carbocycles. The van der Waals surface area contributed by atoms with Crippen LogP contribution in [0.25, 0.3) is 0 Å². The van der Waals surface area contributed by atoms with Crippen LogP contribution in [0.5, 0.6) is 0 Å². The summed E-state index contributed by atoms with van der Waals surface area (Å²) >= 11 is 0. The van der Waals surface area contributed by atoms with Gasteiger partial charge in [0.25, 0.3) is 6.29 Å². The Balaban J connectivity index is 4.20. The molecule has 0 saturated carbocycles. The topological polar surface area (TPSA) is 108 Å². The normalized spacial score (nSPS) is 13.3. The van der Waals surface area contributed by atoms with Gasteiger partial charge in [-0.3, -0.25) is 9.59 Å². The number of unbranched alkanes of at least 4 members (excludes halogenated alkanes) is 30. The van der Waals surface area contributed by atoms with Crippen LogP contribution < -0.4 is 0 Å². The molecule has 81 heavy (non-hydrogen) atoms. The molecule has 0 radical (unpaired) electrons. The largest absolute Gasteiger partial charge is 0.477 e. The van der Waals surface area contributed by atoms with Gasteiger partial charge in [-0.1, -0.05) is 272 Å². The number of allylic oxidation sites excluding steroid dienone is 16. The number of likely N-dealkylation sites (N-methyl/N-ethyl adjacent to an activating group) is 1. The molecular weight excluding hydrogens is 1010 g/mol. The number of rotatable bonds is 61. The fraction of sp³-hybridized carbons (Fsp3) is 0.736. The number of hydrogen-bond acceptors (Lipinski definition) is 7. The van der Waals surface area contributed by atoms with E-state index in [1.807, 2.05) is 21.1 Å². The van der Waals surface area contributed by atoms with Gasteiger partial charge >= 0.3 is 17.9 Å². The van der Waals surface area contributed by atoms with Gasteiger partial charge in [-0.05, 0) is 96.3 Å². The van der Waals surface area contributed by atoms with Crippen molar-refractivity contribution in [3.63, 3.8) is 0 Å². The molecule has 0 aliphatic rings. The van der Waals surface area contributed by atoms with E-state index in [-0.39, 0.29) is 32.2 Å². The molecule has 0 amide bonds. The molecule has 0 spiro atoms. The van der Waals surface area contributed by atoms with Gasteiger partial charge in [0.05, 0.1) is 34.4 Å². The minimum Gasteiger partial charge on any atom is -0.477 e. The predicted octanol–water partition coefficient (Wildman–Crippen LogP) is 20.5. The molecule has 466 valence electrons. The fourth-order valence-corrected chi connectivity index (χ4v) is 9.23. The van der Waals surface area contributed by atoms with Crippen LogP contribution in [-0.2, 0) is 33.3 Å². The molecule has 0 bridgehead atoms. The van der Waals surface area contributed by atoms with E-state index in [9.17, 15) is 19.5 Å². The lowest BCUT2D eigenvalue weighted by Crippen LogP contribution is -2.40. The van der Waals surface area contributed by atoms with Crippen molar-refractivity contribution in [1.29, 1.82) is 0 Å². The standard InChI is InChI=1S/C72H125NO8/c1-6-8-10-12-14-16-18-20-22-24-26-28-30-32-34-35-37-38-40-42-44-46-48-50-52-54-56-58-60-62-69(74)79-66-68(67-80-72(71(76)77)78-65-64-73(3,4)5)81-70(75)63-61-59-57-55-53-51-49-47-45-43-41-39-36-33-31-29-27-25-23-21-19-17-15-13-11-9-7-2/h9,11,15,17,21,23-24,26-27,29,33,36,41,43,47,49,68,72H,6-8,10,12-14,16,18-20,22,25,28,30-32,34-35,37-40,42,44-46,48,50-67H2,1-5H3/p+1/b11-9-,17-15-,23-21-,26-24-,29-27-,36-33-,43-41-,49-47-. The zero-order chi connectivity index (χ0) is 59.1. The zero-order valence-electron chi connectivity index (χ0n) is 53.2. The Hall–Kier alpha value is -3.79. The van der Waals surface area contributed by atoms with Crippen molar-refractivity contribution in [3.05, 3.63) is 97.2 Å². The molecule has 9 heteroatoms. The van der Waals surface area contributed by atoms with Gasteiger partial charge in [0.15, 0.2) is 6.10 Å². The minimum absolute atomic E-state index is 0.180. The van der Waals surface area contributed by atoms with Crippen LogP contribution in [0.15, 0.2) is 97.2 Å². The second-order valence-corrected chi connectivity index (χ2v) is 23.4. The first kappa shape index (κ1) is 77.2. The maximum Gasteiger partial charge on any atom is 0.361 e. The molecule has 0 rings (SSSR count). The summed E-state index contributed by atoms with van der Waals surface area (Å²) in [5.41, 5.74) is 0. The summed E-state index contributed by atoms with van der Waals surface area (Å²) in [6.07, 6.45) is 82.2. The number of carbonyl (C=O) groups is 3. The van der Waals surface area contributed by atoms with Crippen LogP contribution in [0, 0.1) is 0 Å². The summed E-state index contributed by atoms with van der Waals surface area (Å²) in [6, 6.07) is 0. The molecule has 0 aromatic carbocycles. The van der Waals surface area contributed by atoms with E-state index in [0.717, 1.165) is 96.3 Å². The van der Waals surface area contributed by atoms with Gasteiger partial charge in [0, 0.05) is 12.8 Å². The summed E-state index contributed by atoms with van der Waals surface area (Å²) in [4.78, 5) is 37.6. The van der Waals surface area contributed by atoms with Gasteiger partial charge in [0.1, 0.15) is 13.2 Å². The van der Waals surface area contributed by atoms with Crippen LogP contribution in [-0.4, -0.2) is 87.4 Å². The van der Waals surface area contributed by atoms with Gasteiger partial charge < -0.3 is 28.5 Å². The summed E-state index contributed by atoms with van der Waals surface area (Å²) in [6.45, 7) is 4.76. The van der Waals surface area contributed by atoms with Crippen LogP contribution in [0.2, 0.25) is 0 Å². The summed E-state index contributed by atoms with van der Waals surface area (Å²) in [5.74, 6) is -2.03. The lowest BCUT2D eigenvalue weighted by molar-refractivity contribution is -0.870. The summed E-state index contributed by atoms with van der Waals surface area (Å²) in [7, 11) is 5.97. The van der Waals surface area contributed by atoms with Crippen molar-refractivity contribution >= 4 is 17.9 Å². The van der Waals surface area contributed by atoms with Crippen molar-refractivity contribution in [2.24, 2.45) is 0 Å². The average molecular weight is 1130 g/mol. The van der Waals surface area contributed by atoms with Crippen LogP contribution in [0.3, 0.4) is 0 Å². The molecule has 2 unspecified atom stereocenters. The second kappa shape index (κ2) is 62.3. The number of hydrogen-bond donors (Lipinski definition) is 1. The molecule has 0 saturated heterocycles. The highest BCUT2D eigenvalue weighted by Crippen LogP contribution is 2.17. The summed E-state index contributed by atoms with van der Waals surface area (Å²) < 4.78 is 22.9. The first-order valence-electron chi connectivity index (χ1n) is 33.4. The molecular formula is C72H126NO8+. The number of ether oxygens (including phenoxy) is 4. The molecule has 1 N–H and O–H groups in total. The Morgan fingerprint density at radius 1 is 0.383 bits per heavy atom. The van der Waals surface area contributed by atoms with Gasteiger partial charge in [0.2, 0.25) is 0 Å². The maximum atomic E-state index is 12.9. The van der Waals surface area contributed by atoms with E-state index in [1.54, 1.807) is 0 Å². The van der Waals surface area contributed by atoms with Crippen LogP contribution >= 0.6 is 0 Å². The van der Waals surface area contributed by atoms with Crippen LogP contribution in [0.4, 0.5) is 0 Å². The molecule has 0 heterocycles. The van der Waals surface area contributed by atoms with E-state index in [4.69, 9.17) is 18.9 Å². The first-order valence-corrected chi connectivity index (χ1v) is 33.4. The molecule has 2 atom stereocenters. The van der Waals surface area contributed by atoms with Gasteiger partial charge in [-0.2, -0.15) is 0 Å². The monoisotopic (exact) mass is 1130 g/mol. The number of quaternary nitrogens is 1. The van der Waals surface area contributed by atoms with E-state index < -0.39 is 24.3 Å². The Morgan fingerprint density at radius 2 is 0.704 bits per heavy atom. The third kappa shape index (κ3) is 63.6. The lowest BCUT2D eigenvalue weighted by Gasteiger charge is -2.25. The minimum atomic E-state index is -1.52.